The van der Waals surface area contributed by atoms with E-state index < -0.39 is 45.5 Å². The number of rotatable bonds is 9. The number of nitrogens with zero attached hydrogens (tertiary/aromatic N) is 1. The van der Waals surface area contributed by atoms with Crippen molar-refractivity contribution in [1.82, 2.24) is 0 Å². The van der Waals surface area contributed by atoms with Crippen LogP contribution >= 0.6 is 0 Å². The fraction of sp³-hybridized carbons (Fsp3) is 0.318. The molecular formula is C22H23N2O7S2-. The summed E-state index contributed by atoms with van der Waals surface area (Å²) >= 11 is -2.96. The van der Waals surface area contributed by atoms with Gasteiger partial charge in [-0.2, -0.15) is 0 Å². The molecule has 0 saturated heterocycles. The van der Waals surface area contributed by atoms with E-state index in [0.717, 1.165) is 42.4 Å². The maximum absolute atomic E-state index is 12.5. The Morgan fingerprint density at radius 2 is 1.91 bits per heavy atom. The summed E-state index contributed by atoms with van der Waals surface area (Å²) in [6.45, 7) is 0. The van der Waals surface area contributed by atoms with Crippen molar-refractivity contribution in [2.45, 2.75) is 38.1 Å². The van der Waals surface area contributed by atoms with Gasteiger partial charge in [0.15, 0.2) is 0 Å². The molecule has 0 radical (unpaired) electrons. The van der Waals surface area contributed by atoms with E-state index in [1.165, 1.54) is 12.1 Å². The summed E-state index contributed by atoms with van der Waals surface area (Å²) in [5, 5.41) is 10.6. The molecule has 0 fully saturated rings. The second-order valence-electron chi connectivity index (χ2n) is 7.86. The second kappa shape index (κ2) is 9.54. The van der Waals surface area contributed by atoms with E-state index in [1.807, 2.05) is 0 Å². The lowest BCUT2D eigenvalue weighted by Gasteiger charge is -2.32. The largest absolute Gasteiger partial charge is 0.755 e. The number of furan rings is 1. The van der Waals surface area contributed by atoms with E-state index in [-0.39, 0.29) is 5.69 Å². The number of aryl methyl sites for hydroxylation is 2. The highest BCUT2D eigenvalue weighted by atomic mass is 32.2. The van der Waals surface area contributed by atoms with Gasteiger partial charge in [0.2, 0.25) is 10.0 Å². The summed E-state index contributed by atoms with van der Waals surface area (Å²) in [5.41, 5.74) is 2.02. The third-order valence-corrected chi connectivity index (χ3v) is 7.74. The number of carboxylic acid groups (broad SMARTS) is 1. The Bertz CT molecular complexity index is 1290. The molecule has 0 amide bonds. The lowest BCUT2D eigenvalue weighted by molar-refractivity contribution is -0.138. The third kappa shape index (κ3) is 5.21. The first-order valence-electron chi connectivity index (χ1n) is 10.5. The minimum atomic E-state index is -3.90. The lowest BCUT2D eigenvalue weighted by atomic mass is 9.96. The van der Waals surface area contributed by atoms with Crippen molar-refractivity contribution >= 4 is 49.6 Å². The standard InChI is InChI=1S/C22H24N2O7S2/c25-22(26)19(12-13-33(29,30)23-15-6-2-1-3-7-15)24(32(27)28)16-10-11-18-17-8-4-5-9-20(17)31-21(18)14-16/h1-3,6-7,10-11,14,19,23H,4-5,8-9,12-13H2,(H,25,26)(H,27,28)/p-1. The number of anilines is 2. The van der Waals surface area contributed by atoms with E-state index in [1.54, 1.807) is 36.4 Å². The van der Waals surface area contributed by atoms with Crippen LogP contribution < -0.4 is 9.03 Å². The average molecular weight is 492 g/mol. The number of carbonyl (C=O) groups is 1. The van der Waals surface area contributed by atoms with E-state index >= 15 is 0 Å². The highest BCUT2D eigenvalue weighted by molar-refractivity contribution is 7.92. The van der Waals surface area contributed by atoms with Gasteiger partial charge in [-0.3, -0.25) is 13.2 Å². The number of hydrogen-bond acceptors (Lipinski definition) is 6. The Morgan fingerprint density at radius 3 is 2.61 bits per heavy atom. The first kappa shape index (κ1) is 23.3. The van der Waals surface area contributed by atoms with Crippen molar-refractivity contribution < 1.29 is 31.5 Å². The highest BCUT2D eigenvalue weighted by Gasteiger charge is 2.30. The van der Waals surface area contributed by atoms with Crippen LogP contribution in [0.3, 0.4) is 0 Å². The van der Waals surface area contributed by atoms with Crippen molar-refractivity contribution in [3.8, 4) is 0 Å². The van der Waals surface area contributed by atoms with Crippen LogP contribution in [-0.2, 0) is 38.9 Å². The Labute approximate surface area is 193 Å². The monoisotopic (exact) mass is 491 g/mol. The minimum absolute atomic E-state index is 0.0998. The SMILES string of the molecule is O=C(O)C(CCS(=O)(=O)Nc1ccccc1)N(c1ccc2c3c(oc2c1)CCCC3)S(=O)[O-]. The molecular weight excluding hydrogens is 468 g/mol. The molecule has 2 aromatic carbocycles. The molecule has 1 heterocycles. The summed E-state index contributed by atoms with van der Waals surface area (Å²) < 4.78 is 58.0. The Balaban J connectivity index is 1.59. The van der Waals surface area contributed by atoms with E-state index in [9.17, 15) is 27.1 Å². The lowest BCUT2D eigenvalue weighted by Crippen LogP contribution is -2.44. The van der Waals surface area contributed by atoms with Crippen molar-refractivity contribution in [3.63, 3.8) is 0 Å². The Hall–Kier alpha value is -2.89. The van der Waals surface area contributed by atoms with E-state index in [2.05, 4.69) is 4.72 Å². The Morgan fingerprint density at radius 1 is 1.18 bits per heavy atom. The van der Waals surface area contributed by atoms with Gasteiger partial charge >= 0.3 is 5.97 Å². The zero-order chi connectivity index (χ0) is 23.6. The molecule has 33 heavy (non-hydrogen) atoms. The van der Waals surface area contributed by atoms with Crippen molar-refractivity contribution in [1.29, 1.82) is 0 Å². The van der Waals surface area contributed by atoms with Crippen LogP contribution in [0.2, 0.25) is 0 Å². The molecule has 1 aliphatic rings. The van der Waals surface area contributed by atoms with Gasteiger partial charge in [-0.15, -0.1) is 0 Å². The van der Waals surface area contributed by atoms with Gasteiger partial charge in [-0.05, 0) is 49.9 Å². The molecule has 2 atom stereocenters. The average Bonchev–Trinajstić information content (AvgIpc) is 3.14. The number of fused-ring (bicyclic) bond motifs is 3. The molecule has 11 heteroatoms. The fourth-order valence-corrected chi connectivity index (χ4v) is 5.92. The van der Waals surface area contributed by atoms with Crippen molar-refractivity contribution in [2.24, 2.45) is 0 Å². The molecule has 1 aliphatic carbocycles. The zero-order valence-corrected chi connectivity index (χ0v) is 19.2. The van der Waals surface area contributed by atoms with Crippen LogP contribution in [0, 0.1) is 0 Å². The molecule has 2 unspecified atom stereocenters. The summed E-state index contributed by atoms with van der Waals surface area (Å²) in [5.74, 6) is -1.16. The summed E-state index contributed by atoms with van der Waals surface area (Å²) in [6, 6.07) is 11.3. The van der Waals surface area contributed by atoms with E-state index in [0.29, 0.717) is 15.6 Å². The molecule has 0 saturated carbocycles. The van der Waals surface area contributed by atoms with Crippen LogP contribution in [0.4, 0.5) is 11.4 Å². The van der Waals surface area contributed by atoms with Gasteiger partial charge in [-0.1, -0.05) is 18.2 Å². The van der Waals surface area contributed by atoms with Crippen molar-refractivity contribution in [2.75, 3.05) is 14.8 Å². The van der Waals surface area contributed by atoms with Gasteiger partial charge in [-0.25, -0.2) is 13.2 Å². The van der Waals surface area contributed by atoms with Gasteiger partial charge in [0, 0.05) is 40.4 Å². The number of para-hydroxylation sites is 1. The molecule has 9 nitrogen and oxygen atoms in total. The van der Waals surface area contributed by atoms with Crippen LogP contribution in [0.5, 0.6) is 0 Å². The Kier molecular flexibility index (Phi) is 6.73. The maximum Gasteiger partial charge on any atom is 0.327 e. The van der Waals surface area contributed by atoms with Gasteiger partial charge in [0.25, 0.3) is 0 Å². The quantitative estimate of drug-likeness (QED) is 0.438. The molecule has 0 aliphatic heterocycles. The van der Waals surface area contributed by atoms with E-state index in [4.69, 9.17) is 4.42 Å². The third-order valence-electron chi connectivity index (χ3n) is 5.63. The summed E-state index contributed by atoms with van der Waals surface area (Å²) in [6.07, 6.45) is 3.30. The molecule has 4 rings (SSSR count). The van der Waals surface area contributed by atoms with Crippen molar-refractivity contribution in [3.05, 3.63) is 59.9 Å². The predicted molar refractivity (Wildman–Crippen MR) is 124 cm³/mol. The predicted octanol–water partition coefficient (Wildman–Crippen LogP) is 3.20. The van der Waals surface area contributed by atoms with Gasteiger partial charge in [0.05, 0.1) is 11.4 Å². The molecule has 3 aromatic rings. The smallest absolute Gasteiger partial charge is 0.327 e. The number of sulfonamides is 1. The molecule has 176 valence electrons. The minimum Gasteiger partial charge on any atom is -0.755 e. The molecule has 0 bridgehead atoms. The van der Waals surface area contributed by atoms with Crippen LogP contribution in [0.15, 0.2) is 52.9 Å². The topological polar surface area (TPSA) is 140 Å². The number of nitrogens with one attached hydrogen (secondary N) is 1. The summed E-state index contributed by atoms with van der Waals surface area (Å²) in [7, 11) is -3.90. The number of carboxylic acids is 1. The van der Waals surface area contributed by atoms with Crippen LogP contribution in [0.1, 0.15) is 30.6 Å². The van der Waals surface area contributed by atoms with Crippen LogP contribution in [0.25, 0.3) is 11.0 Å². The molecule has 1 aromatic heterocycles. The first-order chi connectivity index (χ1) is 15.7. The molecule has 2 N–H and O–H groups in total. The second-order valence-corrected chi connectivity index (χ2v) is 10.5. The van der Waals surface area contributed by atoms with Gasteiger partial charge < -0.3 is 14.1 Å². The normalized spacial score (nSPS) is 15.5. The summed E-state index contributed by atoms with van der Waals surface area (Å²) in [4.78, 5) is 12.0. The van der Waals surface area contributed by atoms with Gasteiger partial charge in [0.1, 0.15) is 17.4 Å². The number of aliphatic carboxylic acids is 1. The van der Waals surface area contributed by atoms with Crippen LogP contribution in [-0.4, -0.2) is 40.0 Å². The molecule has 0 spiro atoms. The maximum atomic E-state index is 12.5. The highest BCUT2D eigenvalue weighted by Crippen LogP contribution is 2.35. The first-order valence-corrected chi connectivity index (χ1v) is 13.1. The number of benzene rings is 2. The zero-order valence-electron chi connectivity index (χ0n) is 17.6. The number of hydrogen-bond donors (Lipinski definition) is 2. The fourth-order valence-electron chi connectivity index (χ4n) is 4.10.